The molecule has 0 saturated heterocycles. The maximum absolute atomic E-state index is 12.1. The summed E-state index contributed by atoms with van der Waals surface area (Å²) < 4.78 is 5.62. The van der Waals surface area contributed by atoms with Gasteiger partial charge in [-0.2, -0.15) is 0 Å². The number of hydrogen-bond acceptors (Lipinski definition) is 4. The number of hydrazine groups is 1. The van der Waals surface area contributed by atoms with E-state index in [1.165, 1.54) is 24.3 Å². The van der Waals surface area contributed by atoms with Crippen molar-refractivity contribution in [1.82, 2.24) is 10.9 Å². The maximum atomic E-state index is 12.1. The van der Waals surface area contributed by atoms with E-state index in [4.69, 9.17) is 4.74 Å². The molecule has 3 N–H and O–H groups in total. The summed E-state index contributed by atoms with van der Waals surface area (Å²) in [4.78, 5) is 24.1. The first-order valence-corrected chi connectivity index (χ1v) is 8.74. The number of ether oxygens (including phenoxy) is 1. The van der Waals surface area contributed by atoms with Gasteiger partial charge in [-0.15, -0.1) is 0 Å². The zero-order chi connectivity index (χ0) is 19.9. The van der Waals surface area contributed by atoms with E-state index in [1.54, 1.807) is 19.1 Å². The molecular weight excluding hydrogens is 356 g/mol. The summed E-state index contributed by atoms with van der Waals surface area (Å²) in [6.45, 7) is 1.59. The molecule has 0 aliphatic carbocycles. The fraction of sp³-hybridized carbons (Fsp3) is 0.0909. The van der Waals surface area contributed by atoms with Gasteiger partial charge in [0.25, 0.3) is 11.8 Å². The SMILES string of the molecule is C[C@H](Oc1ccc(-c2ccccc2)cc1)C(=O)NNC(=O)c1ccc(O)cc1. The summed E-state index contributed by atoms with van der Waals surface area (Å²) in [6.07, 6.45) is -0.803. The van der Waals surface area contributed by atoms with Crippen molar-refractivity contribution in [3.05, 3.63) is 84.4 Å². The van der Waals surface area contributed by atoms with E-state index in [0.717, 1.165) is 11.1 Å². The fourth-order valence-electron chi connectivity index (χ4n) is 2.52. The number of aromatic hydroxyl groups is 1. The second-order valence-corrected chi connectivity index (χ2v) is 6.14. The van der Waals surface area contributed by atoms with Crippen LogP contribution in [-0.4, -0.2) is 23.0 Å². The second kappa shape index (κ2) is 8.73. The lowest BCUT2D eigenvalue weighted by Crippen LogP contribution is -2.47. The number of carbonyl (C=O) groups excluding carboxylic acids is 2. The predicted octanol–water partition coefficient (Wildman–Crippen LogP) is 3.29. The molecule has 0 aromatic heterocycles. The molecule has 0 spiro atoms. The molecule has 6 nitrogen and oxygen atoms in total. The van der Waals surface area contributed by atoms with Gasteiger partial charge in [-0.25, -0.2) is 0 Å². The fourth-order valence-corrected chi connectivity index (χ4v) is 2.52. The van der Waals surface area contributed by atoms with E-state index in [1.807, 2.05) is 42.5 Å². The quantitative estimate of drug-likeness (QED) is 0.596. The van der Waals surface area contributed by atoms with Crippen LogP contribution in [0.1, 0.15) is 17.3 Å². The smallest absolute Gasteiger partial charge is 0.279 e. The zero-order valence-corrected chi connectivity index (χ0v) is 15.3. The third kappa shape index (κ3) is 4.88. The Balaban J connectivity index is 1.52. The average Bonchev–Trinajstić information content (AvgIpc) is 2.73. The highest BCUT2D eigenvalue weighted by molar-refractivity contribution is 5.95. The lowest BCUT2D eigenvalue weighted by atomic mass is 10.1. The largest absolute Gasteiger partial charge is 0.508 e. The normalized spacial score (nSPS) is 11.3. The molecule has 3 aromatic rings. The minimum atomic E-state index is -0.803. The lowest BCUT2D eigenvalue weighted by Gasteiger charge is -2.15. The molecule has 3 rings (SSSR count). The third-order valence-electron chi connectivity index (χ3n) is 4.07. The van der Waals surface area contributed by atoms with Crippen LogP contribution in [0.4, 0.5) is 0 Å². The molecule has 28 heavy (non-hydrogen) atoms. The van der Waals surface area contributed by atoms with Crippen molar-refractivity contribution in [2.45, 2.75) is 13.0 Å². The summed E-state index contributed by atoms with van der Waals surface area (Å²) >= 11 is 0. The molecule has 0 heterocycles. The molecule has 0 aliphatic rings. The molecular formula is C22H20N2O4. The van der Waals surface area contributed by atoms with Crippen LogP contribution in [0.2, 0.25) is 0 Å². The molecule has 1 atom stereocenters. The van der Waals surface area contributed by atoms with Crippen molar-refractivity contribution in [3.63, 3.8) is 0 Å². The topological polar surface area (TPSA) is 87.7 Å². The van der Waals surface area contributed by atoms with E-state index < -0.39 is 17.9 Å². The average molecular weight is 376 g/mol. The van der Waals surface area contributed by atoms with Gasteiger partial charge in [-0.3, -0.25) is 20.4 Å². The summed E-state index contributed by atoms with van der Waals surface area (Å²) in [6, 6.07) is 23.0. The Kier molecular flexibility index (Phi) is 5.91. The van der Waals surface area contributed by atoms with Gasteiger partial charge in [0, 0.05) is 5.56 Å². The van der Waals surface area contributed by atoms with Crippen molar-refractivity contribution < 1.29 is 19.4 Å². The molecule has 2 amide bonds. The minimum Gasteiger partial charge on any atom is -0.508 e. The monoisotopic (exact) mass is 376 g/mol. The van der Waals surface area contributed by atoms with Gasteiger partial charge in [-0.05, 0) is 54.4 Å². The van der Waals surface area contributed by atoms with Crippen LogP contribution >= 0.6 is 0 Å². The van der Waals surface area contributed by atoms with Crippen LogP contribution in [0, 0.1) is 0 Å². The number of amides is 2. The molecule has 0 radical (unpaired) electrons. The Hall–Kier alpha value is -3.80. The van der Waals surface area contributed by atoms with Gasteiger partial charge < -0.3 is 9.84 Å². The number of phenols is 1. The summed E-state index contributed by atoms with van der Waals surface area (Å²) in [5.41, 5.74) is 7.09. The summed E-state index contributed by atoms with van der Waals surface area (Å²) in [7, 11) is 0. The van der Waals surface area contributed by atoms with Crippen LogP contribution in [0.3, 0.4) is 0 Å². The minimum absolute atomic E-state index is 0.0564. The van der Waals surface area contributed by atoms with Crippen LogP contribution in [0.25, 0.3) is 11.1 Å². The van der Waals surface area contributed by atoms with Crippen molar-refractivity contribution in [3.8, 4) is 22.6 Å². The number of phenolic OH excluding ortho intramolecular Hbond substituents is 1. The van der Waals surface area contributed by atoms with Crippen LogP contribution in [0.5, 0.6) is 11.5 Å². The molecule has 142 valence electrons. The van der Waals surface area contributed by atoms with Gasteiger partial charge in [0.2, 0.25) is 0 Å². The first kappa shape index (κ1) is 19.0. The Morgan fingerprint density at radius 2 is 1.43 bits per heavy atom. The van der Waals surface area contributed by atoms with Gasteiger partial charge in [0.1, 0.15) is 11.5 Å². The number of hydrogen-bond donors (Lipinski definition) is 3. The highest BCUT2D eigenvalue weighted by atomic mass is 16.5. The third-order valence-corrected chi connectivity index (χ3v) is 4.07. The van der Waals surface area contributed by atoms with E-state index >= 15 is 0 Å². The highest BCUT2D eigenvalue weighted by Gasteiger charge is 2.16. The molecule has 0 saturated carbocycles. The van der Waals surface area contributed by atoms with Gasteiger partial charge in [-0.1, -0.05) is 42.5 Å². The zero-order valence-electron chi connectivity index (χ0n) is 15.3. The summed E-state index contributed by atoms with van der Waals surface area (Å²) in [5.74, 6) is -0.375. The van der Waals surface area contributed by atoms with E-state index in [0.29, 0.717) is 11.3 Å². The van der Waals surface area contributed by atoms with Gasteiger partial charge in [0.05, 0.1) is 0 Å². The molecule has 6 heteroatoms. The van der Waals surface area contributed by atoms with E-state index in [2.05, 4.69) is 10.9 Å². The molecule has 0 aliphatic heterocycles. The number of nitrogens with one attached hydrogen (secondary N) is 2. The number of carbonyl (C=O) groups is 2. The van der Waals surface area contributed by atoms with E-state index in [9.17, 15) is 14.7 Å². The van der Waals surface area contributed by atoms with Gasteiger partial charge >= 0.3 is 0 Å². The molecule has 0 unspecified atom stereocenters. The molecule has 0 fully saturated rings. The Morgan fingerprint density at radius 1 is 0.821 bits per heavy atom. The van der Waals surface area contributed by atoms with Crippen LogP contribution < -0.4 is 15.6 Å². The Morgan fingerprint density at radius 3 is 2.07 bits per heavy atom. The van der Waals surface area contributed by atoms with Crippen molar-refractivity contribution >= 4 is 11.8 Å². The number of benzene rings is 3. The van der Waals surface area contributed by atoms with Crippen LogP contribution in [-0.2, 0) is 4.79 Å². The van der Waals surface area contributed by atoms with Crippen LogP contribution in [0.15, 0.2) is 78.9 Å². The Bertz CT molecular complexity index is 939. The Labute approximate surface area is 162 Å². The molecule has 0 bridgehead atoms. The standard InChI is InChI=1S/C22H20N2O4/c1-15(21(26)23-24-22(27)18-7-11-19(25)12-8-18)28-20-13-9-17(10-14-20)16-5-3-2-4-6-16/h2-15,25H,1H3,(H,23,26)(H,24,27)/t15-/m0/s1. The summed E-state index contributed by atoms with van der Waals surface area (Å²) in [5, 5.41) is 9.23. The lowest BCUT2D eigenvalue weighted by molar-refractivity contribution is -0.128. The van der Waals surface area contributed by atoms with Crippen molar-refractivity contribution in [2.75, 3.05) is 0 Å². The number of rotatable bonds is 5. The highest BCUT2D eigenvalue weighted by Crippen LogP contribution is 2.22. The van der Waals surface area contributed by atoms with Gasteiger partial charge in [0.15, 0.2) is 6.10 Å². The van der Waals surface area contributed by atoms with Crippen molar-refractivity contribution in [2.24, 2.45) is 0 Å². The predicted molar refractivity (Wildman–Crippen MR) is 106 cm³/mol. The molecule has 3 aromatic carbocycles. The maximum Gasteiger partial charge on any atom is 0.279 e. The second-order valence-electron chi connectivity index (χ2n) is 6.14. The van der Waals surface area contributed by atoms with Crippen molar-refractivity contribution in [1.29, 1.82) is 0 Å². The van der Waals surface area contributed by atoms with E-state index in [-0.39, 0.29) is 5.75 Å². The first-order chi connectivity index (χ1) is 13.5. The first-order valence-electron chi connectivity index (χ1n) is 8.74.